The fourth-order valence-electron chi connectivity index (χ4n) is 4.50. The fraction of sp³-hybridized carbons (Fsp3) is 0.550. The van der Waals surface area contributed by atoms with Crippen LogP contribution in [-0.4, -0.2) is 33.3 Å². The van der Waals surface area contributed by atoms with Gasteiger partial charge in [-0.25, -0.2) is 13.8 Å². The zero-order valence-corrected chi connectivity index (χ0v) is 15.4. The van der Waals surface area contributed by atoms with E-state index in [0.29, 0.717) is 30.4 Å². The molecule has 1 saturated carbocycles. The lowest BCUT2D eigenvalue weighted by Gasteiger charge is -2.36. The van der Waals surface area contributed by atoms with Crippen molar-refractivity contribution >= 4 is 5.95 Å². The van der Waals surface area contributed by atoms with Gasteiger partial charge < -0.3 is 4.90 Å². The molecule has 0 N–H and O–H groups in total. The summed E-state index contributed by atoms with van der Waals surface area (Å²) in [6, 6.07) is 3.15. The quantitative estimate of drug-likeness (QED) is 0.825. The van der Waals surface area contributed by atoms with Crippen molar-refractivity contribution in [3.8, 4) is 11.3 Å². The molecule has 1 aliphatic carbocycles. The maximum absolute atomic E-state index is 14.2. The highest BCUT2D eigenvalue weighted by Crippen LogP contribution is 2.37. The molecular formula is C20H24F2N4O. The number of anilines is 1. The van der Waals surface area contributed by atoms with E-state index in [-0.39, 0.29) is 17.2 Å². The van der Waals surface area contributed by atoms with Crippen LogP contribution in [-0.2, 0) is 7.05 Å². The Balaban J connectivity index is 1.70. The van der Waals surface area contributed by atoms with Gasteiger partial charge in [-0.1, -0.05) is 0 Å². The number of pyridine rings is 1. The van der Waals surface area contributed by atoms with Gasteiger partial charge in [-0.15, -0.1) is 0 Å². The van der Waals surface area contributed by atoms with Gasteiger partial charge in [0.2, 0.25) is 5.95 Å². The fourth-order valence-corrected chi connectivity index (χ4v) is 4.50. The van der Waals surface area contributed by atoms with Gasteiger partial charge in [0, 0.05) is 37.5 Å². The Bertz CT molecular complexity index is 877. The predicted octanol–water partition coefficient (Wildman–Crippen LogP) is 3.48. The highest BCUT2D eigenvalue weighted by Gasteiger charge is 2.36. The van der Waals surface area contributed by atoms with Crippen LogP contribution in [0.4, 0.5) is 14.7 Å². The summed E-state index contributed by atoms with van der Waals surface area (Å²) in [5.74, 6) is 0.486. The highest BCUT2D eigenvalue weighted by atomic mass is 19.1. The van der Waals surface area contributed by atoms with E-state index in [1.54, 1.807) is 7.05 Å². The van der Waals surface area contributed by atoms with E-state index >= 15 is 0 Å². The Morgan fingerprint density at radius 3 is 2.70 bits per heavy atom. The molecular weight excluding hydrogens is 350 g/mol. The number of halogens is 2. The van der Waals surface area contributed by atoms with Gasteiger partial charge in [0.25, 0.3) is 5.56 Å². The third kappa shape index (κ3) is 3.47. The van der Waals surface area contributed by atoms with E-state index in [1.165, 1.54) is 22.9 Å². The summed E-state index contributed by atoms with van der Waals surface area (Å²) in [5, 5.41) is 0. The Kier molecular flexibility index (Phi) is 4.93. The topological polar surface area (TPSA) is 51.0 Å². The molecule has 144 valence electrons. The van der Waals surface area contributed by atoms with Crippen LogP contribution in [0, 0.1) is 11.7 Å². The average Bonchev–Trinajstić information content (AvgIpc) is 3.14. The summed E-state index contributed by atoms with van der Waals surface area (Å²) in [5.41, 5.74) is 0.382. The van der Waals surface area contributed by atoms with Crippen molar-refractivity contribution in [2.45, 2.75) is 50.7 Å². The molecule has 0 aromatic carbocycles. The van der Waals surface area contributed by atoms with E-state index in [0.717, 1.165) is 38.4 Å². The number of hydrogen-bond acceptors (Lipinski definition) is 4. The minimum atomic E-state index is -0.684. The Morgan fingerprint density at radius 2 is 1.96 bits per heavy atom. The van der Waals surface area contributed by atoms with Gasteiger partial charge >= 0.3 is 0 Å². The molecule has 5 nitrogen and oxygen atoms in total. The highest BCUT2D eigenvalue weighted by molar-refractivity contribution is 5.60. The molecule has 2 aromatic heterocycles. The molecule has 0 amide bonds. The largest absolute Gasteiger partial charge is 0.339 e. The third-order valence-electron chi connectivity index (χ3n) is 5.96. The van der Waals surface area contributed by atoms with E-state index in [1.807, 2.05) is 0 Å². The molecule has 2 aromatic rings. The maximum atomic E-state index is 14.2. The van der Waals surface area contributed by atoms with Crippen LogP contribution in [0.2, 0.25) is 0 Å². The first kappa shape index (κ1) is 18.1. The Hall–Kier alpha value is -2.31. The first-order chi connectivity index (χ1) is 13.0. The van der Waals surface area contributed by atoms with Gasteiger partial charge in [-0.05, 0) is 50.5 Å². The second kappa shape index (κ2) is 7.37. The van der Waals surface area contributed by atoms with Crippen LogP contribution in [0.3, 0.4) is 0 Å². The van der Waals surface area contributed by atoms with Crippen LogP contribution < -0.4 is 10.5 Å². The van der Waals surface area contributed by atoms with E-state index < -0.39 is 12.0 Å². The molecule has 0 radical (unpaired) electrons. The molecule has 2 aliphatic rings. The summed E-state index contributed by atoms with van der Waals surface area (Å²) in [4.78, 5) is 23.1. The molecule has 1 saturated heterocycles. The van der Waals surface area contributed by atoms with Crippen molar-refractivity contribution in [3.63, 3.8) is 0 Å². The molecule has 4 rings (SSSR count). The van der Waals surface area contributed by atoms with Crippen LogP contribution in [0.15, 0.2) is 29.3 Å². The van der Waals surface area contributed by atoms with Gasteiger partial charge in [-0.3, -0.25) is 14.3 Å². The van der Waals surface area contributed by atoms with Gasteiger partial charge in [-0.2, -0.15) is 0 Å². The average molecular weight is 374 g/mol. The molecule has 1 unspecified atom stereocenters. The summed E-state index contributed by atoms with van der Waals surface area (Å²) >= 11 is 0. The number of alkyl halides is 1. The monoisotopic (exact) mass is 374 g/mol. The molecule has 3 heterocycles. The summed E-state index contributed by atoms with van der Waals surface area (Å²) in [7, 11) is 1.70. The second-order valence-electron chi connectivity index (χ2n) is 7.61. The first-order valence-corrected chi connectivity index (χ1v) is 9.63. The molecule has 0 bridgehead atoms. The Labute approximate surface area is 157 Å². The van der Waals surface area contributed by atoms with Crippen LogP contribution in [0.5, 0.6) is 0 Å². The van der Waals surface area contributed by atoms with Crippen molar-refractivity contribution in [1.29, 1.82) is 0 Å². The number of hydrogen-bond donors (Lipinski definition) is 0. The lowest BCUT2D eigenvalue weighted by molar-refractivity contribution is 0.190. The third-order valence-corrected chi connectivity index (χ3v) is 5.96. The minimum absolute atomic E-state index is 0.218. The minimum Gasteiger partial charge on any atom is -0.339 e. The van der Waals surface area contributed by atoms with E-state index in [4.69, 9.17) is 0 Å². The summed E-state index contributed by atoms with van der Waals surface area (Å²) in [6.45, 7) is 0.808. The lowest BCUT2D eigenvalue weighted by atomic mass is 9.82. The van der Waals surface area contributed by atoms with Crippen molar-refractivity contribution < 1.29 is 8.78 Å². The van der Waals surface area contributed by atoms with E-state index in [9.17, 15) is 13.6 Å². The number of nitrogens with zero attached hydrogens (tertiary/aromatic N) is 4. The summed E-state index contributed by atoms with van der Waals surface area (Å²) in [6.07, 6.45) is 6.94. The molecule has 0 spiro atoms. The molecule has 1 aliphatic heterocycles. The molecule has 1 atom stereocenters. The maximum Gasteiger partial charge on any atom is 0.255 e. The van der Waals surface area contributed by atoms with Gasteiger partial charge in [0.1, 0.15) is 6.17 Å². The van der Waals surface area contributed by atoms with Gasteiger partial charge in [0.15, 0.2) is 5.82 Å². The van der Waals surface area contributed by atoms with Crippen molar-refractivity contribution in [3.05, 3.63) is 40.7 Å². The zero-order valence-electron chi connectivity index (χ0n) is 15.4. The number of aromatic nitrogens is 3. The first-order valence-electron chi connectivity index (χ1n) is 9.63. The van der Waals surface area contributed by atoms with Gasteiger partial charge in [0.05, 0.1) is 11.9 Å². The SMILES string of the molecule is Cn1c(N2CCCC2C2CCC(F)CC2)nc(-c2ccncc2F)cc1=O. The Morgan fingerprint density at radius 1 is 1.19 bits per heavy atom. The molecule has 7 heteroatoms. The predicted molar refractivity (Wildman–Crippen MR) is 99.9 cm³/mol. The van der Waals surface area contributed by atoms with Crippen molar-refractivity contribution in [2.75, 3.05) is 11.4 Å². The standard InChI is InChI=1S/C20H24F2N4O/c1-25-19(27)11-17(15-8-9-23-12-16(15)22)24-20(25)26-10-2-3-18(26)13-4-6-14(21)7-5-13/h8-9,11-14,18H,2-7,10H2,1H3. The van der Waals surface area contributed by atoms with Crippen LogP contribution >= 0.6 is 0 Å². The number of rotatable bonds is 3. The van der Waals surface area contributed by atoms with Crippen LogP contribution in [0.1, 0.15) is 38.5 Å². The van der Waals surface area contributed by atoms with E-state index in [2.05, 4.69) is 14.9 Å². The summed E-state index contributed by atoms with van der Waals surface area (Å²) < 4.78 is 29.2. The normalized spacial score (nSPS) is 25.7. The molecule has 2 fully saturated rings. The zero-order chi connectivity index (χ0) is 19.0. The second-order valence-corrected chi connectivity index (χ2v) is 7.61. The smallest absolute Gasteiger partial charge is 0.255 e. The van der Waals surface area contributed by atoms with Crippen LogP contribution in [0.25, 0.3) is 11.3 Å². The lowest BCUT2D eigenvalue weighted by Crippen LogP contribution is -2.41. The van der Waals surface area contributed by atoms with Crippen molar-refractivity contribution in [1.82, 2.24) is 14.5 Å². The molecule has 27 heavy (non-hydrogen) atoms. The van der Waals surface area contributed by atoms with Crippen molar-refractivity contribution in [2.24, 2.45) is 13.0 Å².